The van der Waals surface area contributed by atoms with Crippen molar-refractivity contribution >= 4 is 11.3 Å². The van der Waals surface area contributed by atoms with E-state index < -0.39 is 0 Å². The van der Waals surface area contributed by atoms with Gasteiger partial charge in [0.2, 0.25) is 0 Å². The summed E-state index contributed by atoms with van der Waals surface area (Å²) < 4.78 is 0. The van der Waals surface area contributed by atoms with E-state index in [4.69, 9.17) is 5.73 Å². The normalized spacial score (nSPS) is 13.5. The summed E-state index contributed by atoms with van der Waals surface area (Å²) in [6.07, 6.45) is 2.47. The Hall–Kier alpha value is -0.380. The lowest BCUT2D eigenvalue weighted by Crippen LogP contribution is -2.25. The van der Waals surface area contributed by atoms with Crippen molar-refractivity contribution in [3.63, 3.8) is 0 Å². The van der Waals surface area contributed by atoms with Gasteiger partial charge in [-0.05, 0) is 67.2 Å². The molecule has 1 aromatic rings. The van der Waals surface area contributed by atoms with Gasteiger partial charge in [0.1, 0.15) is 0 Å². The van der Waals surface area contributed by atoms with E-state index in [-0.39, 0.29) is 0 Å². The maximum absolute atomic E-state index is 5.83. The smallest absolute Gasteiger partial charge is 0.0238 e. The van der Waals surface area contributed by atoms with Gasteiger partial charge in [0.05, 0.1) is 0 Å². The molecule has 2 nitrogen and oxygen atoms in total. The van der Waals surface area contributed by atoms with Crippen molar-refractivity contribution < 1.29 is 0 Å². The van der Waals surface area contributed by atoms with Crippen molar-refractivity contribution in [1.29, 1.82) is 0 Å². The summed E-state index contributed by atoms with van der Waals surface area (Å²) in [6, 6.07) is 2.20. The molecule has 1 unspecified atom stereocenters. The molecule has 0 aliphatic carbocycles. The van der Waals surface area contributed by atoms with Crippen molar-refractivity contribution in [1.82, 2.24) is 4.90 Å². The van der Waals surface area contributed by atoms with Gasteiger partial charge in [-0.3, -0.25) is 0 Å². The first kappa shape index (κ1) is 14.7. The SMILES string of the molecule is CC(C)CC(CN)CCN(C)Cc1ccsc1. The first-order chi connectivity index (χ1) is 8.11. The number of hydrogen-bond donors (Lipinski definition) is 1. The van der Waals surface area contributed by atoms with Gasteiger partial charge in [-0.25, -0.2) is 0 Å². The predicted octanol–water partition coefficient (Wildman–Crippen LogP) is 3.19. The maximum atomic E-state index is 5.83. The van der Waals surface area contributed by atoms with Crippen LogP contribution >= 0.6 is 11.3 Å². The molecule has 0 amide bonds. The van der Waals surface area contributed by atoms with Crippen molar-refractivity contribution in [2.24, 2.45) is 17.6 Å². The van der Waals surface area contributed by atoms with Crippen molar-refractivity contribution in [3.8, 4) is 0 Å². The molecule has 0 spiro atoms. The molecule has 0 aromatic carbocycles. The van der Waals surface area contributed by atoms with Crippen molar-refractivity contribution in [2.45, 2.75) is 33.2 Å². The third-order valence-electron chi connectivity index (χ3n) is 3.09. The molecule has 1 atom stereocenters. The molecule has 17 heavy (non-hydrogen) atoms. The standard InChI is InChI=1S/C14H26N2S/c1-12(2)8-13(9-15)4-6-16(3)10-14-5-7-17-11-14/h5,7,11-13H,4,6,8-10,15H2,1-3H3. The fourth-order valence-electron chi connectivity index (χ4n) is 2.17. The van der Waals surface area contributed by atoms with E-state index in [1.165, 1.54) is 18.4 Å². The second-order valence-electron chi connectivity index (χ2n) is 5.39. The maximum Gasteiger partial charge on any atom is 0.0238 e. The van der Waals surface area contributed by atoms with Gasteiger partial charge in [0.25, 0.3) is 0 Å². The summed E-state index contributed by atoms with van der Waals surface area (Å²) in [5.74, 6) is 1.44. The van der Waals surface area contributed by atoms with Crippen LogP contribution < -0.4 is 5.73 Å². The largest absolute Gasteiger partial charge is 0.330 e. The van der Waals surface area contributed by atoms with Crippen molar-refractivity contribution in [3.05, 3.63) is 22.4 Å². The quantitative estimate of drug-likeness (QED) is 0.772. The fraction of sp³-hybridized carbons (Fsp3) is 0.714. The van der Waals surface area contributed by atoms with Crippen LogP contribution in [0.5, 0.6) is 0 Å². The second-order valence-corrected chi connectivity index (χ2v) is 6.17. The van der Waals surface area contributed by atoms with Crippen LogP contribution in [0.15, 0.2) is 16.8 Å². The Morgan fingerprint density at radius 3 is 2.71 bits per heavy atom. The Kier molecular flexibility index (Phi) is 6.78. The Balaban J connectivity index is 2.24. The minimum Gasteiger partial charge on any atom is -0.330 e. The van der Waals surface area contributed by atoms with E-state index in [9.17, 15) is 0 Å². The lowest BCUT2D eigenvalue weighted by Gasteiger charge is -2.21. The van der Waals surface area contributed by atoms with Gasteiger partial charge in [-0.1, -0.05) is 13.8 Å². The summed E-state index contributed by atoms with van der Waals surface area (Å²) in [4.78, 5) is 2.39. The van der Waals surface area contributed by atoms with Crippen LogP contribution in [0.4, 0.5) is 0 Å². The molecule has 2 N–H and O–H groups in total. The number of nitrogens with two attached hydrogens (primary N) is 1. The zero-order chi connectivity index (χ0) is 12.7. The van der Waals surface area contributed by atoms with E-state index in [0.29, 0.717) is 5.92 Å². The van der Waals surface area contributed by atoms with E-state index >= 15 is 0 Å². The van der Waals surface area contributed by atoms with Gasteiger partial charge >= 0.3 is 0 Å². The Labute approximate surface area is 110 Å². The van der Waals surface area contributed by atoms with Gasteiger partial charge in [-0.15, -0.1) is 0 Å². The molecular formula is C14H26N2S. The highest BCUT2D eigenvalue weighted by atomic mass is 32.1. The molecule has 0 radical (unpaired) electrons. The first-order valence-electron chi connectivity index (χ1n) is 6.51. The number of thiophene rings is 1. The molecule has 1 rings (SSSR count). The zero-order valence-electron chi connectivity index (χ0n) is 11.4. The third kappa shape index (κ3) is 6.20. The Morgan fingerprint density at radius 2 is 2.18 bits per heavy atom. The summed E-state index contributed by atoms with van der Waals surface area (Å²) in [6.45, 7) is 7.58. The van der Waals surface area contributed by atoms with Crippen LogP contribution in [0, 0.1) is 11.8 Å². The molecule has 0 saturated carbocycles. The topological polar surface area (TPSA) is 29.3 Å². The molecule has 0 saturated heterocycles. The third-order valence-corrected chi connectivity index (χ3v) is 3.82. The molecule has 0 aliphatic rings. The molecule has 1 aromatic heterocycles. The fourth-order valence-corrected chi connectivity index (χ4v) is 2.83. The summed E-state index contributed by atoms with van der Waals surface area (Å²) >= 11 is 1.77. The summed E-state index contributed by atoms with van der Waals surface area (Å²) in [7, 11) is 2.20. The highest BCUT2D eigenvalue weighted by molar-refractivity contribution is 7.07. The van der Waals surface area contributed by atoms with Crippen LogP contribution in [-0.4, -0.2) is 25.0 Å². The minimum absolute atomic E-state index is 0.680. The lowest BCUT2D eigenvalue weighted by molar-refractivity contribution is 0.279. The van der Waals surface area contributed by atoms with Crippen LogP contribution in [-0.2, 0) is 6.54 Å². The highest BCUT2D eigenvalue weighted by Crippen LogP contribution is 2.15. The summed E-state index contributed by atoms with van der Waals surface area (Å²) in [5.41, 5.74) is 7.25. The van der Waals surface area contributed by atoms with Crippen LogP contribution in [0.25, 0.3) is 0 Å². The van der Waals surface area contributed by atoms with Gasteiger partial charge < -0.3 is 10.6 Å². The molecule has 1 heterocycles. The number of nitrogens with zero attached hydrogens (tertiary/aromatic N) is 1. The molecule has 98 valence electrons. The van der Waals surface area contributed by atoms with Crippen LogP contribution in [0.1, 0.15) is 32.3 Å². The number of rotatable bonds is 8. The molecule has 0 aliphatic heterocycles. The van der Waals surface area contributed by atoms with Crippen LogP contribution in [0.3, 0.4) is 0 Å². The number of hydrogen-bond acceptors (Lipinski definition) is 3. The van der Waals surface area contributed by atoms with E-state index in [1.54, 1.807) is 11.3 Å². The van der Waals surface area contributed by atoms with Crippen molar-refractivity contribution in [2.75, 3.05) is 20.1 Å². The molecule has 3 heteroatoms. The average molecular weight is 254 g/mol. The van der Waals surface area contributed by atoms with E-state index in [2.05, 4.69) is 42.6 Å². The average Bonchev–Trinajstić information content (AvgIpc) is 2.76. The minimum atomic E-state index is 0.680. The Morgan fingerprint density at radius 1 is 1.41 bits per heavy atom. The lowest BCUT2D eigenvalue weighted by atomic mass is 9.94. The van der Waals surface area contributed by atoms with Gasteiger partial charge in [0, 0.05) is 6.54 Å². The monoisotopic (exact) mass is 254 g/mol. The molecule has 0 bridgehead atoms. The Bertz CT molecular complexity index is 282. The molecule has 0 fully saturated rings. The highest BCUT2D eigenvalue weighted by Gasteiger charge is 2.10. The first-order valence-corrected chi connectivity index (χ1v) is 7.45. The van der Waals surface area contributed by atoms with Crippen LogP contribution in [0.2, 0.25) is 0 Å². The predicted molar refractivity (Wildman–Crippen MR) is 77.3 cm³/mol. The van der Waals surface area contributed by atoms with E-state index in [0.717, 1.165) is 25.6 Å². The van der Waals surface area contributed by atoms with Gasteiger partial charge in [0.15, 0.2) is 0 Å². The summed E-state index contributed by atoms with van der Waals surface area (Å²) in [5, 5.41) is 4.37. The zero-order valence-corrected chi connectivity index (χ0v) is 12.2. The molecular weight excluding hydrogens is 228 g/mol. The van der Waals surface area contributed by atoms with E-state index in [1.807, 2.05) is 0 Å². The van der Waals surface area contributed by atoms with Gasteiger partial charge in [-0.2, -0.15) is 11.3 Å². The second kappa shape index (κ2) is 7.85.